The minimum absolute atomic E-state index is 0.0806. The van der Waals surface area contributed by atoms with Crippen LogP contribution in [0.2, 0.25) is 0 Å². The van der Waals surface area contributed by atoms with Crippen molar-refractivity contribution in [3.8, 4) is 17.2 Å². The molecule has 1 aromatic carbocycles. The second-order valence-electron chi connectivity index (χ2n) is 6.60. The first-order valence-electron chi connectivity index (χ1n) is 9.09. The number of hydrogen-bond acceptors (Lipinski definition) is 6. The van der Waals surface area contributed by atoms with Gasteiger partial charge in [0.15, 0.2) is 11.5 Å². The van der Waals surface area contributed by atoms with Crippen LogP contribution in [-0.2, 0) is 6.54 Å². The molecule has 1 fully saturated rings. The van der Waals surface area contributed by atoms with Gasteiger partial charge in [0.05, 0.1) is 7.11 Å². The zero-order chi connectivity index (χ0) is 18.6. The number of fused-ring (bicyclic) bond motifs is 1. The summed E-state index contributed by atoms with van der Waals surface area (Å²) >= 11 is 0. The van der Waals surface area contributed by atoms with Crippen LogP contribution in [0, 0.1) is 0 Å². The summed E-state index contributed by atoms with van der Waals surface area (Å²) < 4.78 is 16.6. The van der Waals surface area contributed by atoms with Crippen LogP contribution in [-0.4, -0.2) is 59.5 Å². The minimum Gasteiger partial charge on any atom is -0.496 e. The zero-order valence-electron chi connectivity index (χ0n) is 15.2. The lowest BCUT2D eigenvalue weighted by Crippen LogP contribution is -2.44. The van der Waals surface area contributed by atoms with E-state index in [4.69, 9.17) is 14.2 Å². The van der Waals surface area contributed by atoms with Crippen molar-refractivity contribution >= 4 is 6.03 Å². The summed E-state index contributed by atoms with van der Waals surface area (Å²) in [5.74, 6) is 3.25. The number of likely N-dealkylation sites (tertiary alicyclic amines) is 1. The number of benzene rings is 1. The SMILES string of the molecule is COc1cc2c(cc1CNC(=O)N1CCC(c3ncn[nH]3)CC1)OCCO2. The maximum atomic E-state index is 12.5. The molecule has 0 spiro atoms. The van der Waals surface area contributed by atoms with E-state index in [9.17, 15) is 4.79 Å². The molecule has 2 N–H and O–H groups in total. The fourth-order valence-electron chi connectivity index (χ4n) is 3.49. The summed E-state index contributed by atoms with van der Waals surface area (Å²) in [4.78, 5) is 18.6. The lowest BCUT2D eigenvalue weighted by Gasteiger charge is -2.31. The standard InChI is InChI=1S/C18H23N5O4/c1-25-14-9-16-15(26-6-7-27-16)8-13(14)10-19-18(24)23-4-2-12(3-5-23)17-20-11-21-22-17/h8-9,11-12H,2-7,10H2,1H3,(H,19,24)(H,20,21,22). The number of aromatic amines is 1. The molecule has 9 nitrogen and oxygen atoms in total. The molecular formula is C18H23N5O4. The Labute approximate surface area is 157 Å². The molecule has 0 unspecified atom stereocenters. The Hall–Kier alpha value is -2.97. The molecule has 0 saturated carbocycles. The third-order valence-corrected chi connectivity index (χ3v) is 4.98. The number of nitrogens with zero attached hydrogens (tertiary/aromatic N) is 3. The highest BCUT2D eigenvalue weighted by Crippen LogP contribution is 2.36. The van der Waals surface area contributed by atoms with Gasteiger partial charge in [0.1, 0.15) is 31.1 Å². The normalized spacial score (nSPS) is 16.9. The lowest BCUT2D eigenvalue weighted by molar-refractivity contribution is 0.170. The van der Waals surface area contributed by atoms with Gasteiger partial charge in [-0.2, -0.15) is 5.10 Å². The highest BCUT2D eigenvalue weighted by Gasteiger charge is 2.25. The molecule has 1 aromatic heterocycles. The molecule has 2 amide bonds. The van der Waals surface area contributed by atoms with Crippen molar-refractivity contribution in [2.75, 3.05) is 33.4 Å². The molecule has 2 aliphatic heterocycles. The molecule has 0 bridgehead atoms. The van der Waals surface area contributed by atoms with E-state index >= 15 is 0 Å². The van der Waals surface area contributed by atoms with E-state index in [1.165, 1.54) is 6.33 Å². The van der Waals surface area contributed by atoms with Crippen molar-refractivity contribution in [3.05, 3.63) is 29.8 Å². The summed E-state index contributed by atoms with van der Waals surface area (Å²) in [7, 11) is 1.60. The molecule has 0 atom stereocenters. The third-order valence-electron chi connectivity index (χ3n) is 4.98. The van der Waals surface area contributed by atoms with E-state index in [0.29, 0.717) is 56.0 Å². The van der Waals surface area contributed by atoms with Crippen molar-refractivity contribution < 1.29 is 19.0 Å². The monoisotopic (exact) mass is 373 g/mol. The van der Waals surface area contributed by atoms with Crippen LogP contribution in [0.5, 0.6) is 17.2 Å². The third kappa shape index (κ3) is 3.76. The number of nitrogens with one attached hydrogen (secondary N) is 2. The highest BCUT2D eigenvalue weighted by atomic mass is 16.6. The second-order valence-corrected chi connectivity index (χ2v) is 6.60. The van der Waals surface area contributed by atoms with Gasteiger partial charge in [0.25, 0.3) is 0 Å². The second kappa shape index (κ2) is 7.73. The zero-order valence-corrected chi connectivity index (χ0v) is 15.2. The van der Waals surface area contributed by atoms with Gasteiger partial charge in [-0.15, -0.1) is 0 Å². The number of carbonyl (C=O) groups is 1. The fraction of sp³-hybridized carbons (Fsp3) is 0.500. The number of carbonyl (C=O) groups excluding carboxylic acids is 1. The molecule has 9 heteroatoms. The number of ether oxygens (including phenoxy) is 3. The van der Waals surface area contributed by atoms with Gasteiger partial charge in [-0.25, -0.2) is 9.78 Å². The fourth-order valence-corrected chi connectivity index (χ4v) is 3.49. The van der Waals surface area contributed by atoms with Crippen LogP contribution in [0.15, 0.2) is 18.5 Å². The van der Waals surface area contributed by atoms with Gasteiger partial charge in [-0.3, -0.25) is 5.10 Å². The Morgan fingerprint density at radius 1 is 1.30 bits per heavy atom. The number of methoxy groups -OCH3 is 1. The Morgan fingerprint density at radius 2 is 2.04 bits per heavy atom. The summed E-state index contributed by atoms with van der Waals surface area (Å²) in [6.07, 6.45) is 3.26. The predicted molar refractivity (Wildman–Crippen MR) is 96.2 cm³/mol. The van der Waals surface area contributed by atoms with Crippen molar-refractivity contribution in [1.82, 2.24) is 25.4 Å². The lowest BCUT2D eigenvalue weighted by atomic mass is 9.96. The van der Waals surface area contributed by atoms with E-state index in [-0.39, 0.29) is 6.03 Å². The van der Waals surface area contributed by atoms with Gasteiger partial charge in [-0.05, 0) is 18.9 Å². The average Bonchev–Trinajstić information content (AvgIpc) is 3.26. The van der Waals surface area contributed by atoms with Crippen LogP contribution >= 0.6 is 0 Å². The number of aromatic nitrogens is 3. The van der Waals surface area contributed by atoms with Crippen LogP contribution in [0.1, 0.15) is 30.1 Å². The van der Waals surface area contributed by atoms with E-state index in [0.717, 1.165) is 24.2 Å². The summed E-state index contributed by atoms with van der Waals surface area (Å²) in [5.41, 5.74) is 0.853. The van der Waals surface area contributed by atoms with Crippen LogP contribution < -0.4 is 19.5 Å². The molecule has 1 saturated heterocycles. The van der Waals surface area contributed by atoms with Crippen molar-refractivity contribution in [3.63, 3.8) is 0 Å². The molecule has 2 aliphatic rings. The number of hydrogen-bond donors (Lipinski definition) is 2. The Kier molecular flexibility index (Phi) is 4.99. The van der Waals surface area contributed by atoms with E-state index in [1.54, 1.807) is 13.2 Å². The first-order chi connectivity index (χ1) is 13.2. The van der Waals surface area contributed by atoms with Crippen molar-refractivity contribution in [2.24, 2.45) is 0 Å². The van der Waals surface area contributed by atoms with Gasteiger partial charge in [-0.1, -0.05) is 0 Å². The number of urea groups is 1. The van der Waals surface area contributed by atoms with Gasteiger partial charge >= 0.3 is 6.03 Å². The Balaban J connectivity index is 1.34. The molecule has 2 aromatic rings. The molecule has 0 radical (unpaired) electrons. The number of piperidine rings is 1. The largest absolute Gasteiger partial charge is 0.496 e. The molecule has 4 rings (SSSR count). The number of rotatable bonds is 4. The van der Waals surface area contributed by atoms with Gasteiger partial charge in [0, 0.05) is 37.2 Å². The summed E-state index contributed by atoms with van der Waals surface area (Å²) in [6.45, 7) is 2.78. The molecule has 0 aliphatic carbocycles. The van der Waals surface area contributed by atoms with E-state index < -0.39 is 0 Å². The predicted octanol–water partition coefficient (Wildman–Crippen LogP) is 1.67. The quantitative estimate of drug-likeness (QED) is 0.845. The maximum absolute atomic E-state index is 12.5. The Morgan fingerprint density at radius 3 is 2.70 bits per heavy atom. The van der Waals surface area contributed by atoms with Crippen LogP contribution in [0.3, 0.4) is 0 Å². The number of amides is 2. The topological polar surface area (TPSA) is 102 Å². The van der Waals surface area contributed by atoms with Crippen LogP contribution in [0.4, 0.5) is 4.79 Å². The summed E-state index contributed by atoms with van der Waals surface area (Å²) in [6, 6.07) is 3.59. The van der Waals surface area contributed by atoms with E-state index in [2.05, 4.69) is 20.5 Å². The Bertz CT molecular complexity index is 787. The minimum atomic E-state index is -0.0806. The molecule has 3 heterocycles. The van der Waals surface area contributed by atoms with Crippen molar-refractivity contribution in [2.45, 2.75) is 25.3 Å². The van der Waals surface area contributed by atoms with E-state index in [1.807, 2.05) is 11.0 Å². The van der Waals surface area contributed by atoms with Crippen molar-refractivity contribution in [1.29, 1.82) is 0 Å². The average molecular weight is 373 g/mol. The highest BCUT2D eigenvalue weighted by molar-refractivity contribution is 5.74. The smallest absolute Gasteiger partial charge is 0.317 e. The first-order valence-corrected chi connectivity index (χ1v) is 9.09. The molecular weight excluding hydrogens is 350 g/mol. The number of H-pyrrole nitrogens is 1. The maximum Gasteiger partial charge on any atom is 0.317 e. The molecule has 144 valence electrons. The summed E-state index contributed by atoms with van der Waals surface area (Å²) in [5, 5.41) is 9.80. The van der Waals surface area contributed by atoms with Crippen LogP contribution in [0.25, 0.3) is 0 Å². The van der Waals surface area contributed by atoms with Gasteiger partial charge in [0.2, 0.25) is 0 Å². The van der Waals surface area contributed by atoms with Gasteiger partial charge < -0.3 is 24.4 Å². The molecule has 27 heavy (non-hydrogen) atoms. The first kappa shape index (κ1) is 17.4.